The van der Waals surface area contributed by atoms with Gasteiger partial charge in [-0.05, 0) is 41.5 Å². The highest BCUT2D eigenvalue weighted by molar-refractivity contribution is 6.07. The highest BCUT2D eigenvalue weighted by Gasteiger charge is 2.15. The van der Waals surface area contributed by atoms with E-state index in [0.29, 0.717) is 5.56 Å². The third-order valence-electron chi connectivity index (χ3n) is 5.10. The number of carbonyl (C=O) groups excluding carboxylic acids is 1. The summed E-state index contributed by atoms with van der Waals surface area (Å²) in [7, 11) is 1.79. The summed E-state index contributed by atoms with van der Waals surface area (Å²) in [6, 6.07) is 27.9. The number of fused-ring (bicyclic) bond motifs is 1. The zero-order chi connectivity index (χ0) is 20.2. The maximum Gasteiger partial charge on any atom is 0.258 e. The standard InChI is InChI=1S/C25H23N3O/c1-18(19-8-4-3-5-9-19)27-24-17-23(14-15-26-24)28(2)25(29)22-13-12-20-10-6-7-11-21(20)16-22/h3-18H,1-2H3,(H,26,27)/t18-/m1/s1. The summed E-state index contributed by atoms with van der Waals surface area (Å²) in [5.41, 5.74) is 2.64. The number of amides is 1. The first kappa shape index (κ1) is 18.7. The van der Waals surface area contributed by atoms with Gasteiger partial charge >= 0.3 is 0 Å². The second-order valence-electron chi connectivity index (χ2n) is 7.10. The lowest BCUT2D eigenvalue weighted by atomic mass is 10.1. The fourth-order valence-corrected chi connectivity index (χ4v) is 3.39. The molecule has 0 aliphatic rings. The first-order valence-electron chi connectivity index (χ1n) is 9.66. The Kier molecular flexibility index (Phi) is 5.25. The fraction of sp³-hybridized carbons (Fsp3) is 0.120. The van der Waals surface area contributed by atoms with Crippen molar-refractivity contribution in [2.45, 2.75) is 13.0 Å². The van der Waals surface area contributed by atoms with Crippen LogP contribution in [0.2, 0.25) is 0 Å². The molecule has 4 nitrogen and oxygen atoms in total. The lowest BCUT2D eigenvalue weighted by Crippen LogP contribution is -2.26. The molecule has 1 heterocycles. The van der Waals surface area contributed by atoms with Gasteiger partial charge in [0.25, 0.3) is 5.91 Å². The van der Waals surface area contributed by atoms with Crippen LogP contribution in [-0.2, 0) is 0 Å². The van der Waals surface area contributed by atoms with E-state index in [1.807, 2.05) is 72.8 Å². The summed E-state index contributed by atoms with van der Waals surface area (Å²) in [5.74, 6) is 0.682. The molecule has 144 valence electrons. The lowest BCUT2D eigenvalue weighted by molar-refractivity contribution is 0.0993. The number of rotatable bonds is 5. The average Bonchev–Trinajstić information content (AvgIpc) is 2.78. The maximum atomic E-state index is 13.0. The number of aromatic nitrogens is 1. The van der Waals surface area contributed by atoms with Crippen LogP contribution in [0.5, 0.6) is 0 Å². The Morgan fingerprint density at radius 1 is 0.897 bits per heavy atom. The third kappa shape index (κ3) is 4.11. The largest absolute Gasteiger partial charge is 0.363 e. The van der Waals surface area contributed by atoms with Crippen molar-refractivity contribution in [3.8, 4) is 0 Å². The number of carbonyl (C=O) groups is 1. The van der Waals surface area contributed by atoms with Gasteiger partial charge in [-0.2, -0.15) is 0 Å². The molecule has 1 amide bonds. The van der Waals surface area contributed by atoms with Crippen molar-refractivity contribution >= 4 is 28.2 Å². The molecule has 0 unspecified atom stereocenters. The van der Waals surface area contributed by atoms with E-state index in [0.717, 1.165) is 22.3 Å². The molecule has 0 fully saturated rings. The van der Waals surface area contributed by atoms with Crippen molar-refractivity contribution in [1.82, 2.24) is 4.98 Å². The molecule has 1 N–H and O–H groups in total. The van der Waals surface area contributed by atoms with Gasteiger partial charge in [0.2, 0.25) is 0 Å². The Morgan fingerprint density at radius 2 is 1.62 bits per heavy atom. The molecular weight excluding hydrogens is 358 g/mol. The smallest absolute Gasteiger partial charge is 0.258 e. The van der Waals surface area contributed by atoms with E-state index in [2.05, 4.69) is 29.4 Å². The SMILES string of the molecule is C[C@@H](Nc1cc(N(C)C(=O)c2ccc3ccccc3c2)ccn1)c1ccccc1. The van der Waals surface area contributed by atoms with Gasteiger partial charge in [0.05, 0.1) is 0 Å². The number of benzene rings is 3. The predicted octanol–water partition coefficient (Wildman–Crippen LogP) is 5.68. The van der Waals surface area contributed by atoms with E-state index in [1.54, 1.807) is 18.1 Å². The summed E-state index contributed by atoms with van der Waals surface area (Å²) in [6.45, 7) is 2.09. The molecule has 0 bridgehead atoms. The third-order valence-corrected chi connectivity index (χ3v) is 5.10. The zero-order valence-electron chi connectivity index (χ0n) is 16.5. The Hall–Kier alpha value is -3.66. The summed E-state index contributed by atoms with van der Waals surface area (Å²) >= 11 is 0. The van der Waals surface area contributed by atoms with Crippen LogP contribution in [0.25, 0.3) is 10.8 Å². The van der Waals surface area contributed by atoms with Crippen molar-refractivity contribution < 1.29 is 4.79 Å². The van der Waals surface area contributed by atoms with Gasteiger partial charge in [0.15, 0.2) is 0 Å². The normalized spacial score (nSPS) is 11.8. The summed E-state index contributed by atoms with van der Waals surface area (Å²) in [4.78, 5) is 19.1. The molecular formula is C25H23N3O. The van der Waals surface area contributed by atoms with Gasteiger partial charge in [-0.3, -0.25) is 4.79 Å². The molecule has 0 aliphatic heterocycles. The van der Waals surface area contributed by atoms with E-state index in [4.69, 9.17) is 0 Å². The van der Waals surface area contributed by atoms with Crippen LogP contribution >= 0.6 is 0 Å². The minimum Gasteiger partial charge on any atom is -0.363 e. The molecule has 29 heavy (non-hydrogen) atoms. The molecule has 4 aromatic rings. The minimum absolute atomic E-state index is 0.0518. The number of nitrogens with one attached hydrogen (secondary N) is 1. The number of hydrogen-bond donors (Lipinski definition) is 1. The second kappa shape index (κ2) is 8.15. The van der Waals surface area contributed by atoms with Crippen LogP contribution in [0, 0.1) is 0 Å². The maximum absolute atomic E-state index is 13.0. The van der Waals surface area contributed by atoms with Crippen molar-refractivity contribution in [2.75, 3.05) is 17.3 Å². The van der Waals surface area contributed by atoms with Crippen molar-refractivity contribution in [3.63, 3.8) is 0 Å². The minimum atomic E-state index is -0.0518. The quantitative estimate of drug-likeness (QED) is 0.483. The Balaban J connectivity index is 1.54. The average molecular weight is 381 g/mol. The van der Waals surface area contributed by atoms with Crippen LogP contribution in [0.1, 0.15) is 28.9 Å². The monoisotopic (exact) mass is 381 g/mol. The van der Waals surface area contributed by atoms with Crippen LogP contribution < -0.4 is 10.2 Å². The molecule has 4 heteroatoms. The second-order valence-corrected chi connectivity index (χ2v) is 7.10. The van der Waals surface area contributed by atoms with Gasteiger partial charge in [0, 0.05) is 36.6 Å². The fourth-order valence-electron chi connectivity index (χ4n) is 3.39. The van der Waals surface area contributed by atoms with Crippen molar-refractivity contribution in [3.05, 3.63) is 102 Å². The Morgan fingerprint density at radius 3 is 2.41 bits per heavy atom. The van der Waals surface area contributed by atoms with E-state index < -0.39 is 0 Å². The van der Waals surface area contributed by atoms with Crippen LogP contribution in [0.4, 0.5) is 11.5 Å². The molecule has 0 radical (unpaired) electrons. The molecule has 0 aliphatic carbocycles. The molecule has 0 spiro atoms. The Labute approximate surface area is 170 Å². The van der Waals surface area contributed by atoms with Crippen LogP contribution in [0.3, 0.4) is 0 Å². The highest BCUT2D eigenvalue weighted by Crippen LogP contribution is 2.23. The van der Waals surface area contributed by atoms with E-state index in [1.165, 1.54) is 5.56 Å². The van der Waals surface area contributed by atoms with Crippen molar-refractivity contribution in [2.24, 2.45) is 0 Å². The molecule has 1 atom stereocenters. The Bertz CT molecular complexity index is 1140. The molecule has 0 saturated carbocycles. The van der Waals surface area contributed by atoms with Crippen LogP contribution in [-0.4, -0.2) is 17.9 Å². The lowest BCUT2D eigenvalue weighted by Gasteiger charge is -2.20. The molecule has 1 aromatic heterocycles. The predicted molar refractivity (Wildman–Crippen MR) is 119 cm³/mol. The number of anilines is 2. The van der Waals surface area contributed by atoms with Gasteiger partial charge in [-0.25, -0.2) is 4.98 Å². The first-order chi connectivity index (χ1) is 14.1. The zero-order valence-corrected chi connectivity index (χ0v) is 16.5. The van der Waals surface area contributed by atoms with E-state index in [9.17, 15) is 4.79 Å². The summed E-state index contributed by atoms with van der Waals surface area (Å²) in [6.07, 6.45) is 1.72. The summed E-state index contributed by atoms with van der Waals surface area (Å²) < 4.78 is 0. The highest BCUT2D eigenvalue weighted by atomic mass is 16.2. The first-order valence-corrected chi connectivity index (χ1v) is 9.66. The summed E-state index contributed by atoms with van der Waals surface area (Å²) in [5, 5.41) is 5.59. The van der Waals surface area contributed by atoms with Crippen LogP contribution in [0.15, 0.2) is 91.1 Å². The van der Waals surface area contributed by atoms with E-state index in [-0.39, 0.29) is 11.9 Å². The number of nitrogens with zero attached hydrogens (tertiary/aromatic N) is 2. The number of hydrogen-bond acceptors (Lipinski definition) is 3. The van der Waals surface area contributed by atoms with E-state index >= 15 is 0 Å². The molecule has 0 saturated heterocycles. The van der Waals surface area contributed by atoms with Gasteiger partial charge in [0.1, 0.15) is 5.82 Å². The van der Waals surface area contributed by atoms with Gasteiger partial charge in [-0.15, -0.1) is 0 Å². The molecule has 3 aromatic carbocycles. The number of pyridine rings is 1. The van der Waals surface area contributed by atoms with Crippen molar-refractivity contribution in [1.29, 1.82) is 0 Å². The molecule has 4 rings (SSSR count). The van der Waals surface area contributed by atoms with Gasteiger partial charge < -0.3 is 10.2 Å². The topological polar surface area (TPSA) is 45.2 Å². The van der Waals surface area contributed by atoms with Gasteiger partial charge in [-0.1, -0.05) is 60.7 Å².